The van der Waals surface area contributed by atoms with Crippen molar-refractivity contribution >= 4 is 5.95 Å². The summed E-state index contributed by atoms with van der Waals surface area (Å²) in [6.07, 6.45) is 3.85. The lowest BCUT2D eigenvalue weighted by atomic mass is 10.0. The van der Waals surface area contributed by atoms with Gasteiger partial charge in [0.2, 0.25) is 5.95 Å². The van der Waals surface area contributed by atoms with Crippen molar-refractivity contribution in [1.82, 2.24) is 15.2 Å². The zero-order valence-electron chi connectivity index (χ0n) is 18.9. The minimum atomic E-state index is -0.413. The van der Waals surface area contributed by atoms with Crippen LogP contribution < -0.4 is 4.90 Å². The van der Waals surface area contributed by atoms with Gasteiger partial charge >= 0.3 is 0 Å². The van der Waals surface area contributed by atoms with E-state index >= 15 is 0 Å². The van der Waals surface area contributed by atoms with Crippen molar-refractivity contribution in [2.75, 3.05) is 31.2 Å². The Labute approximate surface area is 189 Å². The van der Waals surface area contributed by atoms with E-state index in [1.165, 1.54) is 11.1 Å². The van der Waals surface area contributed by atoms with Gasteiger partial charge in [-0.25, -0.2) is 4.98 Å². The van der Waals surface area contributed by atoms with Gasteiger partial charge < -0.3 is 14.4 Å². The number of benzene rings is 2. The summed E-state index contributed by atoms with van der Waals surface area (Å²) in [6.45, 7) is 7.24. The smallest absolute Gasteiger partial charge is 0.245 e. The zero-order chi connectivity index (χ0) is 22.0. The van der Waals surface area contributed by atoms with E-state index < -0.39 is 5.79 Å². The molecule has 1 spiro atoms. The number of aryl methyl sites for hydroxylation is 2. The molecule has 2 aromatic carbocycles. The molecule has 0 aliphatic carbocycles. The van der Waals surface area contributed by atoms with E-state index in [1.807, 2.05) is 0 Å². The molecule has 0 atom stereocenters. The first-order valence-corrected chi connectivity index (χ1v) is 11.6. The molecule has 6 nitrogen and oxygen atoms in total. The normalized spacial score (nSPS) is 17.8. The van der Waals surface area contributed by atoms with Gasteiger partial charge in [-0.15, -0.1) is 10.2 Å². The van der Waals surface area contributed by atoms with Crippen molar-refractivity contribution in [2.24, 2.45) is 0 Å². The number of hydrogen-bond donors (Lipinski definition) is 0. The lowest BCUT2D eigenvalue weighted by molar-refractivity contribution is -0.169. The van der Waals surface area contributed by atoms with E-state index in [-0.39, 0.29) is 0 Å². The molecule has 2 fully saturated rings. The summed E-state index contributed by atoms with van der Waals surface area (Å²) in [5, 5.41) is 9.19. The van der Waals surface area contributed by atoms with Gasteiger partial charge in [-0.2, -0.15) is 0 Å². The average molecular weight is 431 g/mol. The molecule has 0 amide bonds. The highest BCUT2D eigenvalue weighted by molar-refractivity contribution is 5.78. The molecule has 0 radical (unpaired) electrons. The third-order valence-corrected chi connectivity index (χ3v) is 6.39. The summed E-state index contributed by atoms with van der Waals surface area (Å²) in [5.41, 5.74) is 6.33. The Kier molecular flexibility index (Phi) is 5.89. The first-order valence-electron chi connectivity index (χ1n) is 11.6. The number of aromatic nitrogens is 3. The molecule has 0 saturated carbocycles. The van der Waals surface area contributed by atoms with E-state index in [2.05, 4.69) is 77.5 Å². The average Bonchev–Trinajstić information content (AvgIpc) is 3.28. The van der Waals surface area contributed by atoms with Crippen LogP contribution in [0.25, 0.3) is 22.5 Å². The number of piperidine rings is 1. The lowest BCUT2D eigenvalue weighted by Crippen LogP contribution is -2.45. The predicted molar refractivity (Wildman–Crippen MR) is 126 cm³/mol. The number of ether oxygens (including phenoxy) is 2. The minimum absolute atomic E-state index is 0.413. The molecule has 0 bridgehead atoms. The van der Waals surface area contributed by atoms with Crippen molar-refractivity contribution in [3.8, 4) is 22.5 Å². The molecule has 166 valence electrons. The van der Waals surface area contributed by atoms with Crippen LogP contribution in [-0.4, -0.2) is 47.3 Å². The van der Waals surface area contributed by atoms with Crippen molar-refractivity contribution in [3.05, 3.63) is 59.7 Å². The van der Waals surface area contributed by atoms with Gasteiger partial charge in [-0.05, 0) is 18.9 Å². The second-order valence-electron chi connectivity index (χ2n) is 8.72. The number of hydrogen-bond acceptors (Lipinski definition) is 6. The summed E-state index contributed by atoms with van der Waals surface area (Å²) in [5.74, 6) is 0.255. The second kappa shape index (κ2) is 8.96. The van der Waals surface area contributed by atoms with Gasteiger partial charge in [-0.3, -0.25) is 0 Å². The third-order valence-electron chi connectivity index (χ3n) is 6.39. The fourth-order valence-corrected chi connectivity index (χ4v) is 4.51. The highest BCUT2D eigenvalue weighted by Crippen LogP contribution is 2.34. The van der Waals surface area contributed by atoms with Gasteiger partial charge in [0.05, 0.1) is 13.2 Å². The van der Waals surface area contributed by atoms with E-state index in [0.29, 0.717) is 19.2 Å². The number of anilines is 1. The van der Waals surface area contributed by atoms with Crippen LogP contribution in [0.2, 0.25) is 0 Å². The van der Waals surface area contributed by atoms with Crippen LogP contribution in [0.4, 0.5) is 5.95 Å². The quantitative estimate of drug-likeness (QED) is 0.579. The monoisotopic (exact) mass is 430 g/mol. The topological polar surface area (TPSA) is 60.4 Å². The predicted octanol–water partition coefficient (Wildman–Crippen LogP) is 4.81. The van der Waals surface area contributed by atoms with Crippen LogP contribution in [0.1, 0.15) is 37.3 Å². The van der Waals surface area contributed by atoms with Gasteiger partial charge in [0.15, 0.2) is 5.79 Å². The number of nitrogens with zero attached hydrogens (tertiary/aromatic N) is 4. The van der Waals surface area contributed by atoms with Crippen LogP contribution >= 0.6 is 0 Å². The molecule has 1 aromatic heterocycles. The molecule has 6 heteroatoms. The molecule has 2 aliphatic rings. The maximum Gasteiger partial charge on any atom is 0.245 e. The summed E-state index contributed by atoms with van der Waals surface area (Å²) >= 11 is 0. The first kappa shape index (κ1) is 21.0. The second-order valence-corrected chi connectivity index (χ2v) is 8.72. The van der Waals surface area contributed by atoms with Crippen molar-refractivity contribution in [2.45, 2.75) is 45.3 Å². The summed E-state index contributed by atoms with van der Waals surface area (Å²) < 4.78 is 11.7. The fourth-order valence-electron chi connectivity index (χ4n) is 4.51. The van der Waals surface area contributed by atoms with Crippen LogP contribution in [-0.2, 0) is 15.9 Å². The molecule has 2 saturated heterocycles. The highest BCUT2D eigenvalue weighted by atomic mass is 16.7. The molecule has 3 aromatic rings. The highest BCUT2D eigenvalue weighted by Gasteiger charge is 2.40. The maximum atomic E-state index is 5.87. The molecule has 3 heterocycles. The Balaban J connectivity index is 1.48. The van der Waals surface area contributed by atoms with E-state index in [0.717, 1.165) is 61.3 Å². The number of rotatable bonds is 5. The zero-order valence-corrected chi connectivity index (χ0v) is 18.9. The van der Waals surface area contributed by atoms with Gasteiger partial charge in [0, 0.05) is 37.1 Å². The lowest BCUT2D eigenvalue weighted by Gasteiger charge is -2.37. The molecule has 0 unspecified atom stereocenters. The Morgan fingerprint density at radius 2 is 1.47 bits per heavy atom. The summed E-state index contributed by atoms with van der Waals surface area (Å²) in [4.78, 5) is 7.22. The Morgan fingerprint density at radius 1 is 0.844 bits per heavy atom. The summed E-state index contributed by atoms with van der Waals surface area (Å²) in [7, 11) is 0. The molecular weight excluding hydrogens is 400 g/mol. The SMILES string of the molecule is CCCc1ccc(-c2nc(N3CCC4(CC3)OCCO4)nnc2-c2ccc(C)cc2)cc1. The van der Waals surface area contributed by atoms with Gasteiger partial charge in [0.25, 0.3) is 0 Å². The Bertz CT molecular complexity index is 1050. The van der Waals surface area contributed by atoms with Crippen molar-refractivity contribution in [1.29, 1.82) is 0 Å². The minimum Gasteiger partial charge on any atom is -0.347 e. The first-order chi connectivity index (χ1) is 15.7. The van der Waals surface area contributed by atoms with Crippen molar-refractivity contribution in [3.63, 3.8) is 0 Å². The van der Waals surface area contributed by atoms with Crippen LogP contribution in [0.3, 0.4) is 0 Å². The van der Waals surface area contributed by atoms with Crippen LogP contribution in [0.5, 0.6) is 0 Å². The third kappa shape index (κ3) is 4.25. The molecular formula is C26H30N4O2. The molecule has 32 heavy (non-hydrogen) atoms. The Morgan fingerprint density at radius 3 is 2.12 bits per heavy atom. The van der Waals surface area contributed by atoms with E-state index in [1.54, 1.807) is 0 Å². The van der Waals surface area contributed by atoms with Crippen LogP contribution in [0.15, 0.2) is 48.5 Å². The molecule has 0 N–H and O–H groups in total. The fraction of sp³-hybridized carbons (Fsp3) is 0.423. The van der Waals surface area contributed by atoms with E-state index in [9.17, 15) is 0 Å². The molecule has 5 rings (SSSR count). The standard InChI is InChI=1S/C26H30N4O2/c1-3-4-20-7-11-21(12-8-20)23-24(22-9-5-19(2)6-10-22)28-29-25(27-23)30-15-13-26(14-16-30)31-17-18-32-26/h5-12H,3-4,13-18H2,1-2H3. The van der Waals surface area contributed by atoms with E-state index in [4.69, 9.17) is 14.5 Å². The summed E-state index contributed by atoms with van der Waals surface area (Å²) in [6, 6.07) is 17.1. The van der Waals surface area contributed by atoms with Gasteiger partial charge in [-0.1, -0.05) is 67.4 Å². The van der Waals surface area contributed by atoms with Crippen LogP contribution in [0, 0.1) is 6.92 Å². The molecule has 2 aliphatic heterocycles. The Hall–Kier alpha value is -2.83. The van der Waals surface area contributed by atoms with Crippen molar-refractivity contribution < 1.29 is 9.47 Å². The van der Waals surface area contributed by atoms with Gasteiger partial charge in [0.1, 0.15) is 11.4 Å². The largest absolute Gasteiger partial charge is 0.347 e. The maximum absolute atomic E-state index is 5.87.